The summed E-state index contributed by atoms with van der Waals surface area (Å²) in [6, 6.07) is 18.8. The Morgan fingerprint density at radius 2 is 1.81 bits per heavy atom. The third kappa shape index (κ3) is 2.87. The second-order valence-electron chi connectivity index (χ2n) is 5.96. The molecule has 2 heteroatoms. The summed E-state index contributed by atoms with van der Waals surface area (Å²) in [6.45, 7) is 3.00. The molecule has 1 heterocycles. The van der Waals surface area contributed by atoms with Gasteiger partial charge in [-0.05, 0) is 36.1 Å². The maximum absolute atomic E-state index is 11.3. The smallest absolute Gasteiger partial charge is 0.0879 e. The van der Waals surface area contributed by atoms with Gasteiger partial charge >= 0.3 is 0 Å². The van der Waals surface area contributed by atoms with Crippen LogP contribution in [0, 0.1) is 0 Å². The summed E-state index contributed by atoms with van der Waals surface area (Å²) >= 11 is 0. The quantitative estimate of drug-likeness (QED) is 0.901. The zero-order valence-corrected chi connectivity index (χ0v) is 12.5. The molecule has 21 heavy (non-hydrogen) atoms. The van der Waals surface area contributed by atoms with E-state index in [9.17, 15) is 5.11 Å². The molecule has 110 valence electrons. The number of hydrogen-bond acceptors (Lipinski definition) is 2. The highest BCUT2D eigenvalue weighted by Crippen LogP contribution is 2.35. The molecule has 1 aliphatic rings. The average Bonchev–Trinajstić information content (AvgIpc) is 2.55. The normalized spacial score (nSPS) is 20.6. The second kappa shape index (κ2) is 6.00. The van der Waals surface area contributed by atoms with Crippen molar-refractivity contribution in [3.8, 4) is 0 Å². The highest BCUT2D eigenvalue weighted by molar-refractivity contribution is 5.35. The Hall–Kier alpha value is -1.64. The van der Waals surface area contributed by atoms with Crippen molar-refractivity contribution in [3.63, 3.8) is 0 Å². The van der Waals surface area contributed by atoms with E-state index in [1.54, 1.807) is 0 Å². The number of nitrogens with one attached hydrogen (secondary N) is 1. The minimum Gasteiger partial charge on any atom is -0.388 e. The molecule has 2 nitrogen and oxygen atoms in total. The average molecular weight is 281 g/mol. The Balaban J connectivity index is 1.93. The molecular formula is C19H23NO. The van der Waals surface area contributed by atoms with Crippen molar-refractivity contribution in [2.75, 3.05) is 6.54 Å². The maximum Gasteiger partial charge on any atom is 0.0879 e. The van der Waals surface area contributed by atoms with Gasteiger partial charge in [0, 0.05) is 6.42 Å². The lowest BCUT2D eigenvalue weighted by Gasteiger charge is -2.40. The van der Waals surface area contributed by atoms with E-state index >= 15 is 0 Å². The summed E-state index contributed by atoms with van der Waals surface area (Å²) in [5.74, 6) is 0. The topological polar surface area (TPSA) is 32.3 Å². The predicted molar refractivity (Wildman–Crippen MR) is 86.3 cm³/mol. The predicted octanol–water partition coefficient (Wildman–Crippen LogP) is 3.26. The van der Waals surface area contributed by atoms with Gasteiger partial charge in [-0.3, -0.25) is 0 Å². The Morgan fingerprint density at radius 3 is 2.57 bits per heavy atom. The van der Waals surface area contributed by atoms with E-state index in [0.29, 0.717) is 6.42 Å². The summed E-state index contributed by atoms with van der Waals surface area (Å²) in [5, 5.41) is 14.8. The third-order valence-corrected chi connectivity index (χ3v) is 4.61. The van der Waals surface area contributed by atoms with Crippen LogP contribution in [0.5, 0.6) is 0 Å². The lowest BCUT2D eigenvalue weighted by atomic mass is 9.78. The fourth-order valence-corrected chi connectivity index (χ4v) is 3.36. The van der Waals surface area contributed by atoms with Crippen molar-refractivity contribution < 1.29 is 5.11 Å². The highest BCUT2D eigenvalue weighted by Gasteiger charge is 2.38. The molecule has 2 unspecified atom stereocenters. The molecule has 3 rings (SSSR count). The van der Waals surface area contributed by atoms with E-state index in [2.05, 4.69) is 48.6 Å². The van der Waals surface area contributed by atoms with Crippen molar-refractivity contribution in [1.82, 2.24) is 5.32 Å². The number of aliphatic hydroxyl groups is 1. The lowest BCUT2D eigenvalue weighted by molar-refractivity contribution is -0.00521. The van der Waals surface area contributed by atoms with Crippen LogP contribution in [0.3, 0.4) is 0 Å². The van der Waals surface area contributed by atoms with Crippen molar-refractivity contribution >= 4 is 0 Å². The SMILES string of the molecule is CCC(O)(Cc1ccccc1)C1NCCc2ccccc21. The first-order valence-corrected chi connectivity index (χ1v) is 7.80. The largest absolute Gasteiger partial charge is 0.388 e. The minimum atomic E-state index is -0.752. The van der Waals surface area contributed by atoms with Crippen molar-refractivity contribution in [2.45, 2.75) is 37.8 Å². The molecule has 0 saturated heterocycles. The van der Waals surface area contributed by atoms with E-state index in [1.165, 1.54) is 16.7 Å². The minimum absolute atomic E-state index is 0.00709. The van der Waals surface area contributed by atoms with E-state index < -0.39 is 5.60 Å². The summed E-state index contributed by atoms with van der Waals surface area (Å²) in [7, 11) is 0. The zero-order valence-electron chi connectivity index (χ0n) is 12.5. The van der Waals surface area contributed by atoms with E-state index in [1.807, 2.05) is 18.2 Å². The monoisotopic (exact) mass is 281 g/mol. The molecule has 0 aromatic heterocycles. The first-order chi connectivity index (χ1) is 10.2. The third-order valence-electron chi connectivity index (χ3n) is 4.61. The summed E-state index contributed by atoms with van der Waals surface area (Å²) < 4.78 is 0. The molecule has 2 atom stereocenters. The van der Waals surface area contributed by atoms with Crippen LogP contribution in [-0.2, 0) is 12.8 Å². The molecule has 0 fully saturated rings. The zero-order chi connectivity index (χ0) is 14.7. The van der Waals surface area contributed by atoms with Crippen molar-refractivity contribution in [2.24, 2.45) is 0 Å². The van der Waals surface area contributed by atoms with Gasteiger partial charge in [-0.25, -0.2) is 0 Å². The standard InChI is InChI=1S/C19H23NO/c1-2-19(21,14-15-8-4-3-5-9-15)18-17-11-7-6-10-16(17)12-13-20-18/h3-11,18,20-21H,2,12-14H2,1H3. The van der Waals surface area contributed by atoms with E-state index in [-0.39, 0.29) is 6.04 Å². The van der Waals surface area contributed by atoms with E-state index in [0.717, 1.165) is 19.4 Å². The molecule has 1 aliphatic heterocycles. The molecule has 2 N–H and O–H groups in total. The fraction of sp³-hybridized carbons (Fsp3) is 0.368. The van der Waals surface area contributed by atoms with Crippen molar-refractivity contribution in [1.29, 1.82) is 0 Å². The van der Waals surface area contributed by atoms with Crippen molar-refractivity contribution in [3.05, 3.63) is 71.3 Å². The molecule has 0 amide bonds. The van der Waals surface area contributed by atoms with Gasteiger partial charge in [-0.2, -0.15) is 0 Å². The molecular weight excluding hydrogens is 258 g/mol. The Kier molecular flexibility index (Phi) is 4.09. The summed E-state index contributed by atoms with van der Waals surface area (Å²) in [4.78, 5) is 0. The maximum atomic E-state index is 11.3. The van der Waals surface area contributed by atoms with Gasteiger partial charge in [0.25, 0.3) is 0 Å². The number of hydrogen-bond donors (Lipinski definition) is 2. The van der Waals surface area contributed by atoms with Crippen LogP contribution in [0.2, 0.25) is 0 Å². The Bertz CT molecular complexity index is 596. The molecule has 2 aromatic rings. The van der Waals surface area contributed by atoms with Crippen LogP contribution in [0.15, 0.2) is 54.6 Å². The summed E-state index contributed by atoms with van der Waals surface area (Å²) in [6.07, 6.45) is 2.45. The van der Waals surface area contributed by atoms with Gasteiger partial charge in [0.1, 0.15) is 0 Å². The number of rotatable bonds is 4. The van der Waals surface area contributed by atoms with Crippen LogP contribution in [0.1, 0.15) is 36.1 Å². The van der Waals surface area contributed by atoms with Crippen LogP contribution in [0.4, 0.5) is 0 Å². The van der Waals surface area contributed by atoms with Gasteiger partial charge in [0.2, 0.25) is 0 Å². The molecule has 0 bridgehead atoms. The lowest BCUT2D eigenvalue weighted by Crippen LogP contribution is -2.48. The molecule has 0 saturated carbocycles. The molecule has 0 aliphatic carbocycles. The molecule has 0 spiro atoms. The Morgan fingerprint density at radius 1 is 1.10 bits per heavy atom. The van der Waals surface area contributed by atoms with Gasteiger partial charge in [0.15, 0.2) is 0 Å². The van der Waals surface area contributed by atoms with E-state index in [4.69, 9.17) is 0 Å². The first-order valence-electron chi connectivity index (χ1n) is 7.80. The Labute approximate surface area is 126 Å². The van der Waals surface area contributed by atoms with Gasteiger partial charge in [0.05, 0.1) is 11.6 Å². The number of benzene rings is 2. The van der Waals surface area contributed by atoms with Gasteiger partial charge in [-0.15, -0.1) is 0 Å². The van der Waals surface area contributed by atoms with Gasteiger partial charge in [-0.1, -0.05) is 61.5 Å². The first kappa shape index (κ1) is 14.3. The summed E-state index contributed by atoms with van der Waals surface area (Å²) in [5.41, 5.74) is 3.05. The van der Waals surface area contributed by atoms with Crippen LogP contribution >= 0.6 is 0 Å². The highest BCUT2D eigenvalue weighted by atomic mass is 16.3. The van der Waals surface area contributed by atoms with Gasteiger partial charge < -0.3 is 10.4 Å². The van der Waals surface area contributed by atoms with Crippen LogP contribution < -0.4 is 5.32 Å². The number of fused-ring (bicyclic) bond motifs is 1. The van der Waals surface area contributed by atoms with Crippen LogP contribution in [-0.4, -0.2) is 17.3 Å². The molecule has 0 radical (unpaired) electrons. The van der Waals surface area contributed by atoms with Crippen LogP contribution in [0.25, 0.3) is 0 Å². The second-order valence-corrected chi connectivity index (χ2v) is 5.96. The molecule has 2 aromatic carbocycles. The fourth-order valence-electron chi connectivity index (χ4n) is 3.36.